The summed E-state index contributed by atoms with van der Waals surface area (Å²) in [4.78, 5) is 8.91. The van der Waals surface area contributed by atoms with Crippen molar-refractivity contribution in [3.63, 3.8) is 0 Å². The molecule has 5 rings (SSSR count). The molecule has 5 aromatic rings. The fourth-order valence-electron chi connectivity index (χ4n) is 3.22. The third kappa shape index (κ3) is 3.48. The number of aromatic nitrogens is 7. The first-order chi connectivity index (χ1) is 14.7. The van der Waals surface area contributed by atoms with E-state index in [1.165, 1.54) is 0 Å². The van der Waals surface area contributed by atoms with Gasteiger partial charge in [0.25, 0.3) is 0 Å². The average Bonchev–Trinajstić information content (AvgIpc) is 3.35. The monoisotopic (exact) mass is 416 g/mol. The van der Waals surface area contributed by atoms with Crippen LogP contribution in [0.15, 0.2) is 67.1 Å². The minimum Gasteiger partial charge on any atom is -0.309 e. The summed E-state index contributed by atoms with van der Waals surface area (Å²) >= 11 is 6.29. The van der Waals surface area contributed by atoms with Gasteiger partial charge in [-0.2, -0.15) is 5.10 Å². The second kappa shape index (κ2) is 7.57. The van der Waals surface area contributed by atoms with E-state index in [9.17, 15) is 0 Å². The van der Waals surface area contributed by atoms with Crippen LogP contribution >= 0.6 is 11.6 Å². The summed E-state index contributed by atoms with van der Waals surface area (Å²) in [7, 11) is 1.85. The first kappa shape index (κ1) is 18.3. The summed E-state index contributed by atoms with van der Waals surface area (Å²) in [6, 6.07) is 15.4. The van der Waals surface area contributed by atoms with Crippen molar-refractivity contribution in [2.24, 2.45) is 7.05 Å². The lowest BCUT2D eigenvalue weighted by Gasteiger charge is -2.07. The van der Waals surface area contributed by atoms with E-state index in [0.717, 1.165) is 39.1 Å². The Morgan fingerprint density at radius 1 is 1.03 bits per heavy atom. The molecule has 0 amide bonds. The van der Waals surface area contributed by atoms with Gasteiger partial charge in [-0.3, -0.25) is 9.08 Å². The van der Waals surface area contributed by atoms with Crippen LogP contribution in [0.5, 0.6) is 0 Å². The van der Waals surface area contributed by atoms with Crippen LogP contribution in [-0.2, 0) is 13.5 Å². The van der Waals surface area contributed by atoms with Crippen LogP contribution in [0.1, 0.15) is 11.4 Å². The highest BCUT2D eigenvalue weighted by molar-refractivity contribution is 6.31. The van der Waals surface area contributed by atoms with Crippen molar-refractivity contribution >= 4 is 29.0 Å². The van der Waals surface area contributed by atoms with Crippen molar-refractivity contribution in [3.05, 3.63) is 83.5 Å². The van der Waals surface area contributed by atoms with Gasteiger partial charge >= 0.3 is 0 Å². The third-order valence-electron chi connectivity index (χ3n) is 4.80. The van der Waals surface area contributed by atoms with Crippen LogP contribution < -0.4 is 5.32 Å². The predicted molar refractivity (Wildman–Crippen MR) is 115 cm³/mol. The molecule has 0 fully saturated rings. The van der Waals surface area contributed by atoms with E-state index in [1.54, 1.807) is 17.1 Å². The number of nitrogens with one attached hydrogen (secondary N) is 1. The van der Waals surface area contributed by atoms with Gasteiger partial charge in [-0.05, 0) is 29.8 Å². The molecule has 30 heavy (non-hydrogen) atoms. The molecule has 0 atom stereocenters. The van der Waals surface area contributed by atoms with E-state index in [-0.39, 0.29) is 0 Å². The lowest BCUT2D eigenvalue weighted by atomic mass is 10.1. The topological polar surface area (TPSA) is 85.8 Å². The first-order valence-corrected chi connectivity index (χ1v) is 9.71. The molecule has 0 saturated heterocycles. The molecular formula is C21H17ClN8. The normalized spacial score (nSPS) is 11.1. The molecule has 8 nitrogen and oxygen atoms in total. The Balaban J connectivity index is 1.44. The lowest BCUT2D eigenvalue weighted by molar-refractivity contribution is 0.775. The van der Waals surface area contributed by atoms with E-state index in [1.807, 2.05) is 66.2 Å². The highest BCUT2D eigenvalue weighted by atomic mass is 35.5. The molecule has 0 aliphatic rings. The van der Waals surface area contributed by atoms with Gasteiger partial charge in [0.15, 0.2) is 5.65 Å². The number of nitrogens with zero attached hydrogens (tertiary/aromatic N) is 7. The maximum absolute atomic E-state index is 6.29. The Kier molecular flexibility index (Phi) is 4.61. The number of anilines is 2. The van der Waals surface area contributed by atoms with Crippen LogP contribution in [0.25, 0.3) is 16.9 Å². The fourth-order valence-corrected chi connectivity index (χ4v) is 3.43. The number of fused-ring (bicyclic) bond motifs is 1. The third-order valence-corrected chi connectivity index (χ3v) is 5.17. The molecule has 1 aromatic carbocycles. The van der Waals surface area contributed by atoms with Crippen LogP contribution in [-0.4, -0.2) is 34.3 Å². The van der Waals surface area contributed by atoms with Gasteiger partial charge in [0.1, 0.15) is 11.6 Å². The maximum atomic E-state index is 6.29. The van der Waals surface area contributed by atoms with Crippen molar-refractivity contribution in [3.8, 4) is 11.3 Å². The standard InChI is InChI=1S/C21H17ClN8/c1-29-18(7-10-24-29)26-21-23-9-6-17(25-21)15-8-11-30-19(27-28-20(30)13-15)12-14-4-2-3-5-16(14)22/h2-11,13H,12H2,1H3,(H,23,25,26). The lowest BCUT2D eigenvalue weighted by Crippen LogP contribution is -2.03. The maximum Gasteiger partial charge on any atom is 0.228 e. The zero-order chi connectivity index (χ0) is 20.5. The van der Waals surface area contributed by atoms with Crippen molar-refractivity contribution in [1.82, 2.24) is 34.3 Å². The molecule has 0 aliphatic heterocycles. The minimum atomic E-state index is 0.497. The first-order valence-electron chi connectivity index (χ1n) is 9.33. The van der Waals surface area contributed by atoms with Crippen molar-refractivity contribution in [2.45, 2.75) is 6.42 Å². The summed E-state index contributed by atoms with van der Waals surface area (Å²) in [5.41, 5.74) is 3.47. The molecular weight excluding hydrogens is 400 g/mol. The quantitative estimate of drug-likeness (QED) is 0.467. The highest BCUT2D eigenvalue weighted by Gasteiger charge is 2.11. The van der Waals surface area contributed by atoms with Crippen LogP contribution in [0, 0.1) is 0 Å². The summed E-state index contributed by atoms with van der Waals surface area (Å²) in [5, 5.41) is 16.7. The Morgan fingerprint density at radius 2 is 1.93 bits per heavy atom. The molecule has 0 unspecified atom stereocenters. The summed E-state index contributed by atoms with van der Waals surface area (Å²) < 4.78 is 3.68. The summed E-state index contributed by atoms with van der Waals surface area (Å²) in [6.07, 6.45) is 5.99. The Hall–Kier alpha value is -3.78. The van der Waals surface area contributed by atoms with Gasteiger partial charge < -0.3 is 5.32 Å². The van der Waals surface area contributed by atoms with E-state index in [2.05, 4.69) is 30.6 Å². The number of halogens is 1. The molecule has 0 spiro atoms. The number of pyridine rings is 1. The molecule has 1 N–H and O–H groups in total. The van der Waals surface area contributed by atoms with Gasteiger partial charge in [-0.1, -0.05) is 29.8 Å². The van der Waals surface area contributed by atoms with Crippen molar-refractivity contribution < 1.29 is 0 Å². The average molecular weight is 417 g/mol. The molecule has 0 bridgehead atoms. The van der Waals surface area contributed by atoms with Crippen molar-refractivity contribution in [1.29, 1.82) is 0 Å². The number of benzene rings is 1. The van der Waals surface area contributed by atoms with Gasteiger partial charge in [0.05, 0.1) is 11.9 Å². The van der Waals surface area contributed by atoms with Crippen LogP contribution in [0.4, 0.5) is 11.8 Å². The van der Waals surface area contributed by atoms with Gasteiger partial charge in [0, 0.05) is 42.5 Å². The molecule has 0 saturated carbocycles. The smallest absolute Gasteiger partial charge is 0.228 e. The zero-order valence-electron chi connectivity index (χ0n) is 16.1. The largest absolute Gasteiger partial charge is 0.309 e. The number of hydrogen-bond acceptors (Lipinski definition) is 6. The zero-order valence-corrected chi connectivity index (χ0v) is 16.8. The van der Waals surface area contributed by atoms with Crippen LogP contribution in [0.2, 0.25) is 5.02 Å². The Labute approximate surface area is 177 Å². The van der Waals surface area contributed by atoms with E-state index >= 15 is 0 Å². The second-order valence-electron chi connectivity index (χ2n) is 6.76. The molecule has 0 radical (unpaired) electrons. The van der Waals surface area contributed by atoms with Gasteiger partial charge in [0.2, 0.25) is 5.95 Å². The summed E-state index contributed by atoms with van der Waals surface area (Å²) in [5.74, 6) is 2.13. The second-order valence-corrected chi connectivity index (χ2v) is 7.17. The van der Waals surface area contributed by atoms with E-state index in [0.29, 0.717) is 12.4 Å². The molecule has 0 aliphatic carbocycles. The highest BCUT2D eigenvalue weighted by Crippen LogP contribution is 2.22. The van der Waals surface area contributed by atoms with E-state index in [4.69, 9.17) is 11.6 Å². The molecule has 148 valence electrons. The SMILES string of the molecule is Cn1nccc1Nc1nccc(-c2ccn3c(Cc4ccccc4Cl)nnc3c2)n1. The number of aryl methyl sites for hydroxylation is 1. The number of rotatable bonds is 5. The molecule has 4 heterocycles. The van der Waals surface area contributed by atoms with Crippen molar-refractivity contribution in [2.75, 3.05) is 5.32 Å². The Bertz CT molecular complexity index is 1340. The van der Waals surface area contributed by atoms with Gasteiger partial charge in [-0.25, -0.2) is 9.97 Å². The van der Waals surface area contributed by atoms with Gasteiger partial charge in [-0.15, -0.1) is 10.2 Å². The Morgan fingerprint density at radius 3 is 2.77 bits per heavy atom. The van der Waals surface area contributed by atoms with E-state index < -0.39 is 0 Å². The minimum absolute atomic E-state index is 0.497. The molecule has 9 heteroatoms. The van der Waals surface area contributed by atoms with Crippen LogP contribution in [0.3, 0.4) is 0 Å². The number of hydrogen-bond donors (Lipinski definition) is 1. The summed E-state index contributed by atoms with van der Waals surface area (Å²) in [6.45, 7) is 0. The molecule has 4 aromatic heterocycles. The predicted octanol–water partition coefficient (Wildman–Crippen LogP) is 3.91. The fraction of sp³-hybridized carbons (Fsp3) is 0.0952.